The Morgan fingerprint density at radius 3 is 2.45 bits per heavy atom. The van der Waals surface area contributed by atoms with E-state index in [-0.39, 0.29) is 17.4 Å². The second-order valence-corrected chi connectivity index (χ2v) is 10.1. The molecule has 0 radical (unpaired) electrons. The zero-order chi connectivity index (χ0) is 23.4. The Morgan fingerprint density at radius 1 is 1.00 bits per heavy atom. The summed E-state index contributed by atoms with van der Waals surface area (Å²) in [5, 5.41) is 0. The number of carbonyl (C=O) groups is 1. The van der Waals surface area contributed by atoms with Crippen LogP contribution in [0.5, 0.6) is 11.5 Å². The first-order valence-electron chi connectivity index (χ1n) is 12.5. The smallest absolute Gasteiger partial charge is 0.387 e. The van der Waals surface area contributed by atoms with Crippen LogP contribution in [0.25, 0.3) is 0 Å². The van der Waals surface area contributed by atoms with Crippen LogP contribution in [0.3, 0.4) is 0 Å². The first-order valence-corrected chi connectivity index (χ1v) is 12.5. The van der Waals surface area contributed by atoms with Gasteiger partial charge in [0.1, 0.15) is 5.75 Å². The van der Waals surface area contributed by atoms with Crippen molar-refractivity contribution in [2.75, 3.05) is 0 Å². The molecule has 1 aromatic carbocycles. The van der Waals surface area contributed by atoms with Crippen LogP contribution in [-0.2, 0) is 4.79 Å². The van der Waals surface area contributed by atoms with Crippen molar-refractivity contribution in [2.45, 2.75) is 77.7 Å². The van der Waals surface area contributed by atoms with Crippen molar-refractivity contribution < 1.29 is 27.4 Å². The van der Waals surface area contributed by atoms with Gasteiger partial charge >= 0.3 is 12.6 Å². The van der Waals surface area contributed by atoms with Gasteiger partial charge in [0, 0.05) is 6.07 Å². The number of hydrogen-bond donors (Lipinski definition) is 0. The third-order valence-electron chi connectivity index (χ3n) is 8.28. The molecule has 4 unspecified atom stereocenters. The molecule has 0 saturated heterocycles. The zero-order valence-electron chi connectivity index (χ0n) is 19.4. The predicted molar refractivity (Wildman–Crippen MR) is 121 cm³/mol. The third-order valence-corrected chi connectivity index (χ3v) is 8.28. The molecule has 0 spiro atoms. The van der Waals surface area contributed by atoms with Crippen LogP contribution in [0.2, 0.25) is 0 Å². The number of allylic oxidation sites excluding steroid dienone is 2. The number of ether oxygens (including phenoxy) is 2. The Hall–Kier alpha value is -1.98. The van der Waals surface area contributed by atoms with Crippen LogP contribution in [0.4, 0.5) is 13.2 Å². The summed E-state index contributed by atoms with van der Waals surface area (Å²) < 4.78 is 48.5. The van der Waals surface area contributed by atoms with Gasteiger partial charge in [-0.05, 0) is 100 Å². The average Bonchev–Trinajstić information content (AvgIpc) is 2.80. The first kappa shape index (κ1) is 24.2. The van der Waals surface area contributed by atoms with Crippen molar-refractivity contribution in [3.63, 3.8) is 0 Å². The molecule has 0 aliphatic heterocycles. The van der Waals surface area contributed by atoms with Crippen LogP contribution >= 0.6 is 0 Å². The lowest BCUT2D eigenvalue weighted by atomic mass is 9.59. The van der Waals surface area contributed by atoms with Crippen LogP contribution in [0, 0.1) is 41.3 Å². The molecular weight excluding hydrogens is 429 g/mol. The Bertz CT molecular complexity index is 832. The Kier molecular flexibility index (Phi) is 8.02. The molecule has 0 bridgehead atoms. The molecule has 0 heterocycles. The lowest BCUT2D eigenvalue weighted by Gasteiger charge is -2.45. The summed E-state index contributed by atoms with van der Waals surface area (Å²) in [5.41, 5.74) is 0. The van der Waals surface area contributed by atoms with E-state index in [0.29, 0.717) is 11.8 Å². The van der Waals surface area contributed by atoms with Crippen molar-refractivity contribution >= 4 is 5.97 Å². The lowest BCUT2D eigenvalue weighted by molar-refractivity contribution is -0.144. The second kappa shape index (κ2) is 11.0. The van der Waals surface area contributed by atoms with Crippen molar-refractivity contribution in [1.29, 1.82) is 0 Å². The number of carbonyl (C=O) groups excluding carboxylic acids is 1. The highest BCUT2D eigenvalue weighted by molar-refractivity contribution is 5.75. The number of alkyl halides is 2. The number of fused-ring (bicyclic) bond motifs is 1. The fourth-order valence-corrected chi connectivity index (χ4v) is 6.73. The molecule has 0 N–H and O–H groups in total. The van der Waals surface area contributed by atoms with E-state index in [0.717, 1.165) is 55.9 Å². The lowest BCUT2D eigenvalue weighted by Crippen LogP contribution is -2.40. The maximum Gasteiger partial charge on any atom is 0.387 e. The van der Waals surface area contributed by atoms with E-state index >= 15 is 0 Å². The summed E-state index contributed by atoms with van der Waals surface area (Å²) in [5.74, 6) is 1.15. The largest absolute Gasteiger partial charge is 0.435 e. The average molecular weight is 465 g/mol. The van der Waals surface area contributed by atoms with Gasteiger partial charge in [-0.25, -0.2) is 4.39 Å². The van der Waals surface area contributed by atoms with E-state index in [1.165, 1.54) is 44.2 Å². The summed E-state index contributed by atoms with van der Waals surface area (Å²) in [4.78, 5) is 13.0. The number of rotatable bonds is 6. The Morgan fingerprint density at radius 2 is 1.76 bits per heavy atom. The standard InChI is InChI=1S/C27H35F3O3/c1-2-4-17-7-9-18(10-8-17)19-11-13-22-20(15-19)5-3-6-23(22)26(31)33-25-14-12-21(16-24(25)28)32-27(29)30/h2,4,12,14,16-20,22-23,27H,3,5-11,13,15H2,1H3/b4-2+. The molecule has 3 nitrogen and oxygen atoms in total. The van der Waals surface area contributed by atoms with E-state index in [1.54, 1.807) is 0 Å². The van der Waals surface area contributed by atoms with E-state index in [4.69, 9.17) is 4.74 Å². The van der Waals surface area contributed by atoms with Crippen LogP contribution in [0.15, 0.2) is 30.4 Å². The summed E-state index contributed by atoms with van der Waals surface area (Å²) in [6.07, 6.45) is 16.1. The Labute approximate surface area is 194 Å². The molecule has 33 heavy (non-hydrogen) atoms. The molecule has 3 aliphatic carbocycles. The summed E-state index contributed by atoms with van der Waals surface area (Å²) in [6.45, 7) is -0.932. The second-order valence-electron chi connectivity index (χ2n) is 10.1. The third kappa shape index (κ3) is 5.93. The monoisotopic (exact) mass is 464 g/mol. The predicted octanol–water partition coefficient (Wildman–Crippen LogP) is 7.55. The van der Waals surface area contributed by atoms with Crippen molar-refractivity contribution in [1.82, 2.24) is 0 Å². The summed E-state index contributed by atoms with van der Waals surface area (Å²) in [7, 11) is 0. The molecule has 182 valence electrons. The van der Waals surface area contributed by atoms with E-state index in [2.05, 4.69) is 23.8 Å². The van der Waals surface area contributed by atoms with Gasteiger partial charge in [-0.1, -0.05) is 25.0 Å². The fraction of sp³-hybridized carbons (Fsp3) is 0.667. The van der Waals surface area contributed by atoms with Crippen LogP contribution < -0.4 is 9.47 Å². The summed E-state index contributed by atoms with van der Waals surface area (Å²) >= 11 is 0. The SMILES string of the molecule is C/C=C/C1CCC(C2CCC3C(CCCC3C(=O)Oc3ccc(OC(F)F)cc3F)C2)CC1. The minimum Gasteiger partial charge on any atom is -0.435 e. The van der Waals surface area contributed by atoms with Gasteiger partial charge < -0.3 is 9.47 Å². The first-order chi connectivity index (χ1) is 15.9. The molecule has 4 atom stereocenters. The van der Waals surface area contributed by atoms with Crippen LogP contribution in [0.1, 0.15) is 71.1 Å². The number of benzene rings is 1. The van der Waals surface area contributed by atoms with Crippen molar-refractivity contribution in [2.24, 2.45) is 35.5 Å². The van der Waals surface area contributed by atoms with Gasteiger partial charge in [-0.2, -0.15) is 8.78 Å². The van der Waals surface area contributed by atoms with E-state index in [9.17, 15) is 18.0 Å². The van der Waals surface area contributed by atoms with Crippen molar-refractivity contribution in [3.05, 3.63) is 36.2 Å². The molecular formula is C27H35F3O3. The normalized spacial score (nSPS) is 32.5. The molecule has 4 rings (SSSR count). The quantitative estimate of drug-likeness (QED) is 0.248. The van der Waals surface area contributed by atoms with Gasteiger partial charge in [0.05, 0.1) is 5.92 Å². The number of esters is 1. The Balaban J connectivity index is 1.34. The highest BCUT2D eigenvalue weighted by atomic mass is 19.3. The topological polar surface area (TPSA) is 35.5 Å². The zero-order valence-corrected chi connectivity index (χ0v) is 19.4. The van der Waals surface area contributed by atoms with Crippen LogP contribution in [-0.4, -0.2) is 12.6 Å². The molecule has 3 saturated carbocycles. The van der Waals surface area contributed by atoms with E-state index < -0.39 is 18.4 Å². The fourth-order valence-electron chi connectivity index (χ4n) is 6.73. The molecule has 3 aliphatic rings. The van der Waals surface area contributed by atoms with Gasteiger partial charge in [0.2, 0.25) is 0 Å². The highest BCUT2D eigenvalue weighted by Crippen LogP contribution is 2.50. The minimum atomic E-state index is -3.03. The van der Waals surface area contributed by atoms with Gasteiger partial charge in [0.15, 0.2) is 11.6 Å². The van der Waals surface area contributed by atoms with Gasteiger partial charge in [0.25, 0.3) is 0 Å². The molecule has 0 aromatic heterocycles. The van der Waals surface area contributed by atoms with Crippen molar-refractivity contribution in [3.8, 4) is 11.5 Å². The maximum atomic E-state index is 14.3. The molecule has 1 aromatic rings. The molecule has 0 amide bonds. The number of hydrogen-bond acceptors (Lipinski definition) is 3. The summed E-state index contributed by atoms with van der Waals surface area (Å²) in [6, 6.07) is 3.21. The van der Waals surface area contributed by atoms with Gasteiger partial charge in [-0.3, -0.25) is 4.79 Å². The highest BCUT2D eigenvalue weighted by Gasteiger charge is 2.43. The van der Waals surface area contributed by atoms with E-state index in [1.807, 2.05) is 0 Å². The molecule has 3 fully saturated rings. The van der Waals surface area contributed by atoms with Gasteiger partial charge in [-0.15, -0.1) is 0 Å². The minimum absolute atomic E-state index is 0.216. The maximum absolute atomic E-state index is 14.3. The molecule has 6 heteroatoms. The number of halogens is 3.